The number of carboxylic acids is 1. The second-order valence-electron chi connectivity index (χ2n) is 2.67. The molecular weight excluding hydrogens is 243 g/mol. The van der Waals surface area contributed by atoms with Crippen LogP contribution in [0.4, 0.5) is 4.79 Å². The molecule has 0 aromatic carbocycles. The second kappa shape index (κ2) is 5.45. The maximum Gasteiger partial charge on any atom is 0.344 e. The molecule has 0 bridgehead atoms. The lowest BCUT2D eigenvalue weighted by Gasteiger charge is -2.18. The number of hydrogen-bond donors (Lipinski definition) is 6. The van der Waals surface area contributed by atoms with Gasteiger partial charge in [-0.05, 0) is 0 Å². The number of amides is 2. The van der Waals surface area contributed by atoms with E-state index < -0.39 is 38.4 Å². The smallest absolute Gasteiger partial charge is 0.344 e. The Kier molecular flexibility index (Phi) is 4.89. The maximum atomic E-state index is 11.2. The molecule has 0 saturated carbocycles. The van der Waals surface area contributed by atoms with Crippen LogP contribution in [0.1, 0.15) is 0 Å². The minimum absolute atomic E-state index is 0.317. The molecule has 0 aromatic rings. The first kappa shape index (κ1) is 14.4. The highest BCUT2D eigenvalue weighted by Gasteiger charge is 2.22. The van der Waals surface area contributed by atoms with E-state index >= 15 is 0 Å². The zero-order valence-electron chi connectivity index (χ0n) is 7.95. The van der Waals surface area contributed by atoms with E-state index in [2.05, 4.69) is 0 Å². The van der Waals surface area contributed by atoms with Crippen LogP contribution in [-0.2, 0) is 9.36 Å². The highest BCUT2D eigenvalue weighted by Crippen LogP contribution is 2.31. The van der Waals surface area contributed by atoms with Crippen LogP contribution in [0.2, 0.25) is 0 Å². The summed E-state index contributed by atoms with van der Waals surface area (Å²) in [6, 6.07) is -1.17. The molecule has 2 amide bonds. The minimum atomic E-state index is -4.44. The van der Waals surface area contributed by atoms with E-state index in [1.165, 1.54) is 0 Å². The normalized spacial score (nSPS) is 10.6. The van der Waals surface area contributed by atoms with Gasteiger partial charge in [-0.2, -0.15) is 0 Å². The monoisotopic (exact) mass is 254 g/mol. The molecule has 0 aromatic heterocycles. The summed E-state index contributed by atoms with van der Waals surface area (Å²) in [5, 5.41) is 17.0. The first-order chi connectivity index (χ1) is 7.13. The van der Waals surface area contributed by atoms with Crippen molar-refractivity contribution >= 4 is 25.6 Å². The number of carbonyl (C=O) groups is 2. The number of hydrogen-bond acceptors (Lipinski definition) is 4. The van der Waals surface area contributed by atoms with E-state index in [-0.39, 0.29) is 0 Å². The number of guanidine groups is 1. The summed E-state index contributed by atoms with van der Waals surface area (Å²) in [6.45, 7) is -0.873. The Balaban J connectivity index is 4.46. The van der Waals surface area contributed by atoms with Gasteiger partial charge in [-0.3, -0.25) is 19.7 Å². The van der Waals surface area contributed by atoms with Crippen molar-refractivity contribution in [1.82, 2.24) is 10.2 Å². The van der Waals surface area contributed by atoms with Gasteiger partial charge in [-0.25, -0.2) is 4.79 Å². The van der Waals surface area contributed by atoms with Gasteiger partial charge >= 0.3 is 19.6 Å². The van der Waals surface area contributed by atoms with E-state index in [4.69, 9.17) is 26.0 Å². The van der Waals surface area contributed by atoms with E-state index in [0.717, 1.165) is 0 Å². The van der Waals surface area contributed by atoms with Gasteiger partial charge in [0.05, 0.1) is 0 Å². The molecule has 11 heteroatoms. The molecule has 0 saturated heterocycles. The largest absolute Gasteiger partial charge is 0.480 e. The van der Waals surface area contributed by atoms with E-state index in [1.807, 2.05) is 0 Å². The standard InChI is InChI=1S/C5H11N4O6P/c6-4(7)9(1-3(10)11)5(12)8-2-16(13,14)15/h1-2H2,(H3,6,7)(H,8,12)(H,10,11)(H2,13,14,15). The van der Waals surface area contributed by atoms with Gasteiger partial charge in [0.15, 0.2) is 5.96 Å². The number of urea groups is 1. The van der Waals surface area contributed by atoms with Crippen molar-refractivity contribution < 1.29 is 29.0 Å². The average Bonchev–Trinajstić information content (AvgIpc) is 2.08. The molecule has 0 heterocycles. The summed E-state index contributed by atoms with van der Waals surface area (Å²) < 4.78 is 10.4. The fourth-order valence-electron chi connectivity index (χ4n) is 0.668. The molecule has 0 fully saturated rings. The lowest BCUT2D eigenvalue weighted by Crippen LogP contribution is -2.49. The van der Waals surface area contributed by atoms with Crippen LogP contribution in [0.15, 0.2) is 0 Å². The molecule has 0 aliphatic rings. The Morgan fingerprint density at radius 1 is 1.44 bits per heavy atom. The third-order valence-corrected chi connectivity index (χ3v) is 1.84. The molecule has 0 rings (SSSR count). The van der Waals surface area contributed by atoms with Crippen molar-refractivity contribution in [3.8, 4) is 0 Å². The molecule has 0 aliphatic carbocycles. The first-order valence-electron chi connectivity index (χ1n) is 3.79. The van der Waals surface area contributed by atoms with Gasteiger partial charge in [-0.1, -0.05) is 0 Å². The van der Waals surface area contributed by atoms with Gasteiger partial charge in [0.25, 0.3) is 0 Å². The van der Waals surface area contributed by atoms with Gasteiger partial charge < -0.3 is 25.9 Å². The number of rotatable bonds is 4. The minimum Gasteiger partial charge on any atom is -0.480 e. The van der Waals surface area contributed by atoms with Gasteiger partial charge in [-0.15, -0.1) is 0 Å². The van der Waals surface area contributed by atoms with Crippen LogP contribution < -0.4 is 11.1 Å². The molecule has 7 N–H and O–H groups in total. The summed E-state index contributed by atoms with van der Waals surface area (Å²) in [4.78, 5) is 38.7. The van der Waals surface area contributed by atoms with Crippen LogP contribution in [0.25, 0.3) is 0 Å². The molecule has 0 radical (unpaired) electrons. The molecule has 0 unspecified atom stereocenters. The van der Waals surface area contributed by atoms with Gasteiger partial charge in [0, 0.05) is 0 Å². The Morgan fingerprint density at radius 3 is 2.25 bits per heavy atom. The van der Waals surface area contributed by atoms with Crippen LogP contribution >= 0.6 is 7.60 Å². The highest BCUT2D eigenvalue weighted by molar-refractivity contribution is 7.51. The van der Waals surface area contributed by atoms with Crippen LogP contribution in [-0.4, -0.2) is 50.6 Å². The summed E-state index contributed by atoms with van der Waals surface area (Å²) >= 11 is 0. The molecule has 0 aliphatic heterocycles. The number of carbonyl (C=O) groups excluding carboxylic acids is 1. The van der Waals surface area contributed by atoms with Crippen LogP contribution in [0, 0.1) is 5.41 Å². The first-order valence-corrected chi connectivity index (χ1v) is 5.59. The second-order valence-corrected chi connectivity index (χ2v) is 4.32. The highest BCUT2D eigenvalue weighted by atomic mass is 31.2. The van der Waals surface area contributed by atoms with Crippen molar-refractivity contribution in [2.24, 2.45) is 5.73 Å². The zero-order chi connectivity index (χ0) is 12.9. The molecule has 0 atom stereocenters. The summed E-state index contributed by atoms with van der Waals surface area (Å²) in [7, 11) is -4.44. The summed E-state index contributed by atoms with van der Waals surface area (Å²) in [6.07, 6.45) is -0.963. The molecule has 16 heavy (non-hydrogen) atoms. The number of nitrogens with one attached hydrogen (secondary N) is 2. The van der Waals surface area contributed by atoms with E-state index in [0.29, 0.717) is 4.90 Å². The average molecular weight is 254 g/mol. The summed E-state index contributed by atoms with van der Waals surface area (Å²) in [5.74, 6) is -2.26. The lowest BCUT2D eigenvalue weighted by molar-refractivity contribution is -0.136. The topological polar surface area (TPSA) is 177 Å². The van der Waals surface area contributed by atoms with Crippen molar-refractivity contribution in [3.05, 3.63) is 0 Å². The van der Waals surface area contributed by atoms with E-state index in [9.17, 15) is 14.2 Å². The number of nitrogens with zero attached hydrogens (tertiary/aromatic N) is 1. The maximum absolute atomic E-state index is 11.2. The Morgan fingerprint density at radius 2 is 1.94 bits per heavy atom. The fourth-order valence-corrected chi connectivity index (χ4v) is 1.01. The number of carboxylic acid groups (broad SMARTS) is 1. The predicted octanol–water partition coefficient (Wildman–Crippen LogP) is -1.89. The molecular formula is C5H11N4O6P. The summed E-state index contributed by atoms with van der Waals surface area (Å²) in [5.41, 5.74) is 4.92. The van der Waals surface area contributed by atoms with Gasteiger partial charge in [0.1, 0.15) is 12.8 Å². The van der Waals surface area contributed by atoms with Crippen molar-refractivity contribution in [3.63, 3.8) is 0 Å². The van der Waals surface area contributed by atoms with Crippen LogP contribution in [0.5, 0.6) is 0 Å². The van der Waals surface area contributed by atoms with Crippen LogP contribution in [0.3, 0.4) is 0 Å². The molecule has 92 valence electrons. The van der Waals surface area contributed by atoms with Crippen molar-refractivity contribution in [2.75, 3.05) is 12.8 Å². The predicted molar refractivity (Wildman–Crippen MR) is 51.7 cm³/mol. The van der Waals surface area contributed by atoms with Gasteiger partial charge in [0.2, 0.25) is 0 Å². The SMILES string of the molecule is N=C(N)N(CC(=O)O)C(=O)NCP(=O)(O)O. The Labute approximate surface area is 89.7 Å². The third kappa shape index (κ3) is 5.96. The van der Waals surface area contributed by atoms with E-state index in [1.54, 1.807) is 5.32 Å². The quantitative estimate of drug-likeness (QED) is 0.193. The lowest BCUT2D eigenvalue weighted by atomic mass is 10.5. The Bertz CT molecular complexity index is 351. The zero-order valence-corrected chi connectivity index (χ0v) is 8.85. The number of aliphatic carboxylic acids is 1. The fraction of sp³-hybridized carbons (Fsp3) is 0.400. The molecule has 0 spiro atoms. The third-order valence-electron chi connectivity index (χ3n) is 1.27. The molecule has 10 nitrogen and oxygen atoms in total. The number of nitrogens with two attached hydrogens (primary N) is 1. The Hall–Kier alpha value is -1.64. The van der Waals surface area contributed by atoms with Crippen molar-refractivity contribution in [2.45, 2.75) is 0 Å². The van der Waals surface area contributed by atoms with Crippen molar-refractivity contribution in [1.29, 1.82) is 5.41 Å².